The number of hydrogen-bond acceptors (Lipinski definition) is 2. The van der Waals surface area contributed by atoms with Crippen molar-refractivity contribution in [2.75, 3.05) is 6.61 Å². The third kappa shape index (κ3) is 5.44. The minimum absolute atomic E-state index is 0.189. The molecule has 0 fully saturated rings. The van der Waals surface area contributed by atoms with E-state index in [4.69, 9.17) is 51.1 Å². The van der Waals surface area contributed by atoms with Crippen LogP contribution in [-0.2, 0) is 11.3 Å². The highest BCUT2D eigenvalue weighted by molar-refractivity contribution is 9.10. The van der Waals surface area contributed by atoms with Gasteiger partial charge in [-0.2, -0.15) is 0 Å². The number of carbonyl (C=O) groups excluding carboxylic acids is 1. The lowest BCUT2D eigenvalue weighted by atomic mass is 10.2. The Hall–Kier alpha value is -0.650. The van der Waals surface area contributed by atoms with Gasteiger partial charge in [0.1, 0.15) is 0 Å². The summed E-state index contributed by atoms with van der Waals surface area (Å²) in [4.78, 5) is 11.9. The van der Waals surface area contributed by atoms with Gasteiger partial charge in [-0.25, -0.2) is 0 Å². The van der Waals surface area contributed by atoms with Crippen molar-refractivity contribution in [2.45, 2.75) is 6.54 Å². The van der Waals surface area contributed by atoms with E-state index in [-0.39, 0.29) is 19.1 Å². The molecule has 2 aromatic carbocycles. The molecule has 23 heavy (non-hydrogen) atoms. The number of rotatable bonds is 5. The van der Waals surface area contributed by atoms with E-state index in [9.17, 15) is 4.79 Å². The highest BCUT2D eigenvalue weighted by Crippen LogP contribution is 2.35. The van der Waals surface area contributed by atoms with E-state index < -0.39 is 0 Å². The van der Waals surface area contributed by atoms with Crippen LogP contribution >= 0.6 is 62.3 Å². The summed E-state index contributed by atoms with van der Waals surface area (Å²) < 4.78 is 5.99. The van der Waals surface area contributed by atoms with Crippen molar-refractivity contribution in [1.29, 1.82) is 0 Å². The Morgan fingerprint density at radius 1 is 1.04 bits per heavy atom. The van der Waals surface area contributed by atoms with Gasteiger partial charge in [-0.05, 0) is 45.8 Å². The number of halogens is 5. The molecule has 0 spiro atoms. The second-order valence-corrected chi connectivity index (χ2v) is 7.04. The monoisotopic (exact) mass is 455 g/mol. The van der Waals surface area contributed by atoms with E-state index in [0.717, 1.165) is 5.56 Å². The van der Waals surface area contributed by atoms with Crippen molar-refractivity contribution in [3.05, 3.63) is 60.5 Å². The van der Waals surface area contributed by atoms with Gasteiger partial charge < -0.3 is 10.1 Å². The highest BCUT2D eigenvalue weighted by atomic mass is 79.9. The molecule has 0 heterocycles. The smallest absolute Gasteiger partial charge is 0.258 e. The second kappa shape index (κ2) is 8.45. The maximum absolute atomic E-state index is 11.9. The normalized spacial score (nSPS) is 10.5. The second-order valence-electron chi connectivity index (χ2n) is 4.50. The molecule has 0 saturated carbocycles. The van der Waals surface area contributed by atoms with E-state index in [1.807, 2.05) is 0 Å². The van der Waals surface area contributed by atoms with E-state index in [1.165, 1.54) is 6.07 Å². The Balaban J connectivity index is 1.91. The lowest BCUT2D eigenvalue weighted by molar-refractivity contribution is -0.123. The van der Waals surface area contributed by atoms with E-state index >= 15 is 0 Å². The molecule has 0 aliphatic heterocycles. The zero-order chi connectivity index (χ0) is 17.0. The quantitative estimate of drug-likeness (QED) is 0.620. The molecular weight excluding hydrogens is 448 g/mol. The molecule has 0 aliphatic carbocycles. The summed E-state index contributed by atoms with van der Waals surface area (Å²) in [7, 11) is 0. The van der Waals surface area contributed by atoms with Gasteiger partial charge in [-0.3, -0.25) is 4.79 Å². The summed E-state index contributed by atoms with van der Waals surface area (Å²) in [5.41, 5.74) is 0.759. The van der Waals surface area contributed by atoms with Crippen molar-refractivity contribution in [3.63, 3.8) is 0 Å². The lowest BCUT2D eigenvalue weighted by Gasteiger charge is -2.11. The summed E-state index contributed by atoms with van der Waals surface area (Å²) in [6, 6.07) is 8.24. The average molecular weight is 458 g/mol. The molecule has 0 bridgehead atoms. The molecular formula is C15H10BrCl4NO2. The van der Waals surface area contributed by atoms with Gasteiger partial charge in [0.05, 0.1) is 9.50 Å². The van der Waals surface area contributed by atoms with Crippen LogP contribution in [0.3, 0.4) is 0 Å². The molecule has 2 aromatic rings. The predicted octanol–water partition coefficient (Wildman–Crippen LogP) is 5.76. The Kier molecular flexibility index (Phi) is 6.86. The summed E-state index contributed by atoms with van der Waals surface area (Å²) in [5.74, 6) is 0.0460. The SMILES string of the molecule is O=C(COc1c(Cl)cc(Cl)cc1Br)NCc1ccc(Cl)cc1Cl. The number of ether oxygens (including phenoxy) is 1. The first kappa shape index (κ1) is 18.7. The Morgan fingerprint density at radius 3 is 2.39 bits per heavy atom. The van der Waals surface area contributed by atoms with Gasteiger partial charge >= 0.3 is 0 Å². The van der Waals surface area contributed by atoms with Crippen LogP contribution in [0, 0.1) is 0 Å². The standard InChI is InChI=1S/C15H10BrCl4NO2/c16-11-3-10(18)5-13(20)15(11)23-7-14(22)21-6-8-1-2-9(17)4-12(8)19/h1-5H,6-7H2,(H,21,22). The largest absolute Gasteiger partial charge is 0.481 e. The van der Waals surface area contributed by atoms with Gasteiger partial charge in [-0.15, -0.1) is 0 Å². The van der Waals surface area contributed by atoms with Crippen LogP contribution in [0.4, 0.5) is 0 Å². The number of hydrogen-bond donors (Lipinski definition) is 1. The zero-order valence-corrected chi connectivity index (χ0v) is 16.1. The molecule has 0 radical (unpaired) electrons. The maximum atomic E-state index is 11.9. The number of benzene rings is 2. The topological polar surface area (TPSA) is 38.3 Å². The molecule has 0 aliphatic rings. The minimum Gasteiger partial charge on any atom is -0.481 e. The molecule has 0 unspecified atom stereocenters. The molecule has 0 atom stereocenters. The van der Waals surface area contributed by atoms with Crippen LogP contribution in [0.1, 0.15) is 5.56 Å². The lowest BCUT2D eigenvalue weighted by Crippen LogP contribution is -2.28. The first-order valence-corrected chi connectivity index (χ1v) is 8.65. The fourth-order valence-corrected chi connectivity index (χ4v) is 3.56. The predicted molar refractivity (Wildman–Crippen MR) is 98.0 cm³/mol. The molecule has 3 nitrogen and oxygen atoms in total. The summed E-state index contributed by atoms with van der Waals surface area (Å²) in [6.45, 7) is 0.0822. The van der Waals surface area contributed by atoms with Crippen LogP contribution in [0.5, 0.6) is 5.75 Å². The Labute approximate surface area is 161 Å². The maximum Gasteiger partial charge on any atom is 0.258 e. The van der Waals surface area contributed by atoms with E-state index in [2.05, 4.69) is 21.2 Å². The van der Waals surface area contributed by atoms with Gasteiger partial charge in [0.15, 0.2) is 12.4 Å². The minimum atomic E-state index is -0.311. The summed E-state index contributed by atoms with van der Waals surface area (Å²) in [6.07, 6.45) is 0. The van der Waals surface area contributed by atoms with Crippen LogP contribution in [0.15, 0.2) is 34.8 Å². The number of nitrogens with one attached hydrogen (secondary N) is 1. The first-order valence-electron chi connectivity index (χ1n) is 6.35. The van der Waals surface area contributed by atoms with E-state index in [1.54, 1.807) is 24.3 Å². The zero-order valence-electron chi connectivity index (χ0n) is 11.5. The molecule has 1 amide bonds. The van der Waals surface area contributed by atoms with Gasteiger partial charge in [-0.1, -0.05) is 52.5 Å². The van der Waals surface area contributed by atoms with Crippen LogP contribution < -0.4 is 10.1 Å². The van der Waals surface area contributed by atoms with Crippen molar-refractivity contribution in [1.82, 2.24) is 5.32 Å². The van der Waals surface area contributed by atoms with E-state index in [0.29, 0.717) is 30.3 Å². The molecule has 0 saturated heterocycles. The Morgan fingerprint density at radius 2 is 1.74 bits per heavy atom. The number of carbonyl (C=O) groups is 1. The van der Waals surface area contributed by atoms with Gasteiger partial charge in [0.25, 0.3) is 5.91 Å². The fraction of sp³-hybridized carbons (Fsp3) is 0.133. The summed E-state index contributed by atoms with van der Waals surface area (Å²) >= 11 is 27.0. The van der Waals surface area contributed by atoms with Crippen LogP contribution in [-0.4, -0.2) is 12.5 Å². The molecule has 0 aromatic heterocycles. The van der Waals surface area contributed by atoms with Crippen LogP contribution in [0.25, 0.3) is 0 Å². The third-order valence-electron chi connectivity index (χ3n) is 2.80. The third-order valence-corrected chi connectivity index (χ3v) is 4.48. The Bertz CT molecular complexity index is 716. The fourth-order valence-electron chi connectivity index (χ4n) is 1.71. The van der Waals surface area contributed by atoms with Gasteiger partial charge in [0, 0.05) is 21.6 Å². The first-order chi connectivity index (χ1) is 10.9. The van der Waals surface area contributed by atoms with Crippen molar-refractivity contribution in [3.8, 4) is 5.75 Å². The molecule has 1 N–H and O–H groups in total. The van der Waals surface area contributed by atoms with Crippen molar-refractivity contribution >= 4 is 68.2 Å². The molecule has 122 valence electrons. The molecule has 2 rings (SSSR count). The van der Waals surface area contributed by atoms with Crippen molar-refractivity contribution < 1.29 is 9.53 Å². The average Bonchev–Trinajstić information content (AvgIpc) is 2.45. The summed E-state index contributed by atoms with van der Waals surface area (Å²) in [5, 5.41) is 4.52. The molecule has 8 heteroatoms. The number of amides is 1. The highest BCUT2D eigenvalue weighted by Gasteiger charge is 2.11. The van der Waals surface area contributed by atoms with Gasteiger partial charge in [0.2, 0.25) is 0 Å². The van der Waals surface area contributed by atoms with Crippen molar-refractivity contribution in [2.24, 2.45) is 0 Å². The van der Waals surface area contributed by atoms with Crippen LogP contribution in [0.2, 0.25) is 20.1 Å².